The molecular weight excluding hydrogens is 452 g/mol. The second-order valence-corrected chi connectivity index (χ2v) is 9.41. The second-order valence-electron chi connectivity index (χ2n) is 7.45. The third-order valence-electron chi connectivity index (χ3n) is 5.36. The van der Waals surface area contributed by atoms with Crippen molar-refractivity contribution in [1.29, 1.82) is 0 Å². The van der Waals surface area contributed by atoms with Crippen molar-refractivity contribution in [2.24, 2.45) is 0 Å². The quantitative estimate of drug-likeness (QED) is 0.550. The Morgan fingerprint density at radius 1 is 1.06 bits per heavy atom. The highest BCUT2D eigenvalue weighted by Crippen LogP contribution is 2.23. The summed E-state index contributed by atoms with van der Waals surface area (Å²) in [6, 6.07) is 15.8. The number of nitrogens with one attached hydrogen (secondary N) is 1. The van der Waals surface area contributed by atoms with Crippen LogP contribution < -0.4 is 9.62 Å². The highest BCUT2D eigenvalue weighted by atomic mass is 35.5. The fraction of sp³-hybridized carbons (Fsp3) is 0.409. The molecule has 1 heterocycles. The topological polar surface area (TPSA) is 82.2 Å². The molecule has 1 fully saturated rings. The van der Waals surface area contributed by atoms with Gasteiger partial charge >= 0.3 is 16.2 Å². The van der Waals surface area contributed by atoms with Gasteiger partial charge in [-0.15, -0.1) is 12.4 Å². The Bertz CT molecular complexity index is 952. The zero-order valence-electron chi connectivity index (χ0n) is 18.4. The molecule has 2 aromatic rings. The van der Waals surface area contributed by atoms with Crippen LogP contribution in [0.5, 0.6) is 0 Å². The first kappa shape index (κ1) is 26.1. The van der Waals surface area contributed by atoms with Crippen molar-refractivity contribution in [2.75, 3.05) is 57.7 Å². The molecule has 1 aliphatic rings. The summed E-state index contributed by atoms with van der Waals surface area (Å²) < 4.78 is 34.5. The van der Waals surface area contributed by atoms with Gasteiger partial charge in [-0.1, -0.05) is 30.3 Å². The van der Waals surface area contributed by atoms with E-state index in [1.54, 1.807) is 43.4 Å². The molecule has 0 amide bonds. The maximum absolute atomic E-state index is 13.5. The van der Waals surface area contributed by atoms with Crippen LogP contribution >= 0.6 is 12.4 Å². The molecule has 0 radical (unpaired) electrons. The number of anilines is 1. The maximum Gasteiger partial charge on any atom is 0.337 e. The van der Waals surface area contributed by atoms with E-state index in [0.29, 0.717) is 24.3 Å². The number of hydrogen-bond donors (Lipinski definition) is 1. The molecule has 8 nitrogen and oxygen atoms in total. The number of methoxy groups -OCH3 is 1. The summed E-state index contributed by atoms with van der Waals surface area (Å²) in [6.45, 7) is 4.95. The van der Waals surface area contributed by atoms with E-state index in [-0.39, 0.29) is 19.0 Å². The lowest BCUT2D eigenvalue weighted by Crippen LogP contribution is -2.48. The van der Waals surface area contributed by atoms with Gasteiger partial charge in [-0.2, -0.15) is 12.7 Å². The molecule has 1 aliphatic heterocycles. The summed E-state index contributed by atoms with van der Waals surface area (Å²) in [5.41, 5.74) is 1.79. The number of halogens is 1. The molecule has 3 rings (SSSR count). The number of para-hydroxylation sites is 1. The minimum Gasteiger partial charge on any atom is -0.465 e. The molecule has 1 saturated heterocycles. The van der Waals surface area contributed by atoms with Crippen molar-refractivity contribution >= 4 is 34.3 Å². The molecular formula is C22H31ClN4O4S. The fourth-order valence-corrected chi connectivity index (χ4v) is 4.78. The molecule has 1 N–H and O–H groups in total. The number of hydrogen-bond acceptors (Lipinski definition) is 6. The first-order chi connectivity index (χ1) is 14.9. The van der Waals surface area contributed by atoms with Gasteiger partial charge in [-0.3, -0.25) is 9.21 Å². The molecule has 32 heavy (non-hydrogen) atoms. The Morgan fingerprint density at radius 2 is 1.69 bits per heavy atom. The van der Waals surface area contributed by atoms with E-state index in [1.807, 2.05) is 18.2 Å². The van der Waals surface area contributed by atoms with E-state index in [4.69, 9.17) is 4.74 Å². The van der Waals surface area contributed by atoms with Gasteiger partial charge in [0, 0.05) is 46.3 Å². The van der Waals surface area contributed by atoms with E-state index in [1.165, 1.54) is 15.7 Å². The van der Waals surface area contributed by atoms with Gasteiger partial charge in [-0.25, -0.2) is 4.79 Å². The average molecular weight is 483 g/mol. The number of nitrogens with zero attached hydrogens (tertiary/aromatic N) is 3. The Labute approximate surface area is 196 Å². The molecule has 2 aromatic carbocycles. The van der Waals surface area contributed by atoms with E-state index >= 15 is 0 Å². The zero-order chi connectivity index (χ0) is 22.3. The summed E-state index contributed by atoms with van der Waals surface area (Å²) in [4.78, 5) is 13.9. The van der Waals surface area contributed by atoms with Crippen LogP contribution in [0.15, 0.2) is 54.6 Å². The molecule has 10 heteroatoms. The lowest BCUT2D eigenvalue weighted by atomic mass is 10.1. The summed E-state index contributed by atoms with van der Waals surface area (Å²) in [5, 5.41) is 3.30. The van der Waals surface area contributed by atoms with E-state index in [9.17, 15) is 13.2 Å². The van der Waals surface area contributed by atoms with Gasteiger partial charge in [-0.05, 0) is 29.8 Å². The van der Waals surface area contributed by atoms with Crippen LogP contribution in [0, 0.1) is 0 Å². The van der Waals surface area contributed by atoms with E-state index in [2.05, 4.69) is 10.2 Å². The molecule has 0 aromatic heterocycles. The third kappa shape index (κ3) is 6.66. The average Bonchev–Trinajstić information content (AvgIpc) is 2.82. The Hall–Kier alpha value is -2.17. The number of carbonyl (C=O) groups excluding carboxylic acids is 1. The van der Waals surface area contributed by atoms with Gasteiger partial charge in [0.15, 0.2) is 0 Å². The molecule has 0 aliphatic carbocycles. The molecule has 0 atom stereocenters. The molecule has 0 spiro atoms. The van der Waals surface area contributed by atoms with Crippen LogP contribution in [0.1, 0.15) is 15.9 Å². The number of carbonyl (C=O) groups is 1. The van der Waals surface area contributed by atoms with Crippen LogP contribution in [-0.4, -0.2) is 77.0 Å². The van der Waals surface area contributed by atoms with Gasteiger partial charge in [0.1, 0.15) is 0 Å². The summed E-state index contributed by atoms with van der Waals surface area (Å²) in [7, 11) is -0.803. The fourth-order valence-electron chi connectivity index (χ4n) is 3.43. The van der Waals surface area contributed by atoms with Crippen LogP contribution in [0.25, 0.3) is 0 Å². The zero-order valence-corrected chi connectivity index (χ0v) is 20.1. The lowest BCUT2D eigenvalue weighted by Gasteiger charge is -2.32. The Kier molecular flexibility index (Phi) is 9.92. The van der Waals surface area contributed by atoms with Crippen molar-refractivity contribution < 1.29 is 17.9 Å². The van der Waals surface area contributed by atoms with Crippen molar-refractivity contribution in [2.45, 2.75) is 6.54 Å². The lowest BCUT2D eigenvalue weighted by molar-refractivity contribution is 0.0600. The first-order valence-electron chi connectivity index (χ1n) is 10.3. The first-order valence-corrected chi connectivity index (χ1v) is 11.7. The number of piperazine rings is 1. The number of benzene rings is 2. The van der Waals surface area contributed by atoms with Crippen LogP contribution in [0.4, 0.5) is 5.69 Å². The number of ether oxygens (including phenoxy) is 1. The van der Waals surface area contributed by atoms with Gasteiger partial charge in [0.2, 0.25) is 0 Å². The highest BCUT2D eigenvalue weighted by Gasteiger charge is 2.28. The van der Waals surface area contributed by atoms with E-state index in [0.717, 1.165) is 31.7 Å². The summed E-state index contributed by atoms with van der Waals surface area (Å²) >= 11 is 0. The minimum atomic E-state index is -3.75. The largest absolute Gasteiger partial charge is 0.465 e. The standard InChI is InChI=1S/C22H30N4O4S.ClH/c1-24(16-17-25-14-12-23-13-15-25)31(28,29)26(21-6-4-3-5-7-21)18-19-8-10-20(11-9-19)22(27)30-2;/h3-11,23H,12-18H2,1-2H3;1H. The predicted molar refractivity (Wildman–Crippen MR) is 129 cm³/mol. The third-order valence-corrected chi connectivity index (χ3v) is 7.23. The monoisotopic (exact) mass is 482 g/mol. The number of esters is 1. The molecule has 0 bridgehead atoms. The molecule has 0 saturated carbocycles. The van der Waals surface area contributed by atoms with Crippen LogP contribution in [0.3, 0.4) is 0 Å². The van der Waals surface area contributed by atoms with Gasteiger partial charge in [0.05, 0.1) is 24.9 Å². The molecule has 176 valence electrons. The van der Waals surface area contributed by atoms with Crippen molar-refractivity contribution in [1.82, 2.24) is 14.5 Å². The SMILES string of the molecule is COC(=O)c1ccc(CN(c2ccccc2)S(=O)(=O)N(C)CCN2CCNCC2)cc1.Cl. The van der Waals surface area contributed by atoms with Crippen molar-refractivity contribution in [3.8, 4) is 0 Å². The maximum atomic E-state index is 13.5. The smallest absolute Gasteiger partial charge is 0.337 e. The summed E-state index contributed by atoms with van der Waals surface area (Å²) in [6.07, 6.45) is 0. The molecule has 0 unspecified atom stereocenters. The van der Waals surface area contributed by atoms with Crippen molar-refractivity contribution in [3.63, 3.8) is 0 Å². The summed E-state index contributed by atoms with van der Waals surface area (Å²) in [5.74, 6) is -0.424. The highest BCUT2D eigenvalue weighted by molar-refractivity contribution is 7.90. The van der Waals surface area contributed by atoms with Crippen LogP contribution in [-0.2, 0) is 21.5 Å². The van der Waals surface area contributed by atoms with Crippen LogP contribution in [0.2, 0.25) is 0 Å². The van der Waals surface area contributed by atoms with Gasteiger partial charge in [0.25, 0.3) is 0 Å². The normalized spacial score (nSPS) is 14.6. The Balaban J connectivity index is 0.00000363. The Morgan fingerprint density at radius 3 is 2.28 bits per heavy atom. The van der Waals surface area contributed by atoms with Gasteiger partial charge < -0.3 is 10.1 Å². The number of likely N-dealkylation sites (N-methyl/N-ethyl adjacent to an activating group) is 1. The van der Waals surface area contributed by atoms with Crippen molar-refractivity contribution in [3.05, 3.63) is 65.7 Å². The predicted octanol–water partition coefficient (Wildman–Crippen LogP) is 1.98. The minimum absolute atomic E-state index is 0. The second kappa shape index (κ2) is 12.2. The van der Waals surface area contributed by atoms with E-state index < -0.39 is 16.2 Å². The number of rotatable bonds is 9.